The average molecular weight is 378 g/mol. The Hall–Kier alpha value is -3.48. The third kappa shape index (κ3) is 4.43. The minimum absolute atomic E-state index is 0.127. The van der Waals surface area contributed by atoms with Gasteiger partial charge in [-0.2, -0.15) is 0 Å². The normalized spacial score (nSPS) is 10.6. The van der Waals surface area contributed by atoms with Crippen LogP contribution in [0.15, 0.2) is 53.3 Å². The highest BCUT2D eigenvalue weighted by atomic mass is 16.2. The summed E-state index contributed by atoms with van der Waals surface area (Å²) in [6, 6.07) is 14.2. The molecule has 0 aliphatic rings. The zero-order valence-corrected chi connectivity index (χ0v) is 15.9. The Balaban J connectivity index is 1.67. The molecule has 144 valence electrons. The third-order valence-corrected chi connectivity index (χ3v) is 4.42. The number of aryl methyl sites for hydroxylation is 1. The van der Waals surface area contributed by atoms with Gasteiger partial charge in [0, 0.05) is 12.1 Å². The monoisotopic (exact) mass is 378 g/mol. The number of fused-ring (bicyclic) bond motifs is 1. The van der Waals surface area contributed by atoms with E-state index in [9.17, 15) is 14.4 Å². The Labute approximate surface area is 162 Å². The SMILES string of the molecule is CCN(Cc1nc2ccccc2c(=O)[nH]1)C(=O)CNC(=O)c1cccc(C)c1. The number of nitrogens with zero attached hydrogens (tertiary/aromatic N) is 2. The van der Waals surface area contributed by atoms with Crippen molar-refractivity contribution in [3.05, 3.63) is 75.8 Å². The highest BCUT2D eigenvalue weighted by Gasteiger charge is 2.16. The number of likely N-dealkylation sites (N-methyl/N-ethyl adjacent to an activating group) is 1. The van der Waals surface area contributed by atoms with Gasteiger partial charge in [-0.3, -0.25) is 14.4 Å². The Morgan fingerprint density at radius 1 is 1.14 bits per heavy atom. The van der Waals surface area contributed by atoms with Crippen molar-refractivity contribution in [3.8, 4) is 0 Å². The highest BCUT2D eigenvalue weighted by molar-refractivity contribution is 5.96. The third-order valence-electron chi connectivity index (χ3n) is 4.42. The zero-order chi connectivity index (χ0) is 20.1. The summed E-state index contributed by atoms with van der Waals surface area (Å²) in [6.45, 7) is 4.20. The number of hydrogen-bond acceptors (Lipinski definition) is 4. The largest absolute Gasteiger partial charge is 0.343 e. The van der Waals surface area contributed by atoms with Crippen LogP contribution in [0.25, 0.3) is 10.9 Å². The van der Waals surface area contributed by atoms with Gasteiger partial charge in [0.15, 0.2) is 0 Å². The van der Waals surface area contributed by atoms with Crippen molar-refractivity contribution in [3.63, 3.8) is 0 Å². The molecule has 28 heavy (non-hydrogen) atoms. The summed E-state index contributed by atoms with van der Waals surface area (Å²) in [5, 5.41) is 3.15. The summed E-state index contributed by atoms with van der Waals surface area (Å²) in [6.07, 6.45) is 0. The van der Waals surface area contributed by atoms with Gasteiger partial charge in [0.2, 0.25) is 5.91 Å². The minimum atomic E-state index is -0.301. The van der Waals surface area contributed by atoms with Crippen molar-refractivity contribution in [2.24, 2.45) is 0 Å². The van der Waals surface area contributed by atoms with Gasteiger partial charge in [-0.15, -0.1) is 0 Å². The molecule has 2 aromatic carbocycles. The van der Waals surface area contributed by atoms with E-state index < -0.39 is 0 Å². The number of aromatic nitrogens is 2. The van der Waals surface area contributed by atoms with Crippen LogP contribution in [-0.2, 0) is 11.3 Å². The number of rotatable bonds is 6. The molecule has 2 amide bonds. The van der Waals surface area contributed by atoms with Gasteiger partial charge in [0.05, 0.1) is 24.0 Å². The van der Waals surface area contributed by atoms with Gasteiger partial charge in [0.25, 0.3) is 11.5 Å². The molecule has 0 bridgehead atoms. The average Bonchev–Trinajstić information content (AvgIpc) is 2.70. The first-order valence-electron chi connectivity index (χ1n) is 9.08. The Kier molecular flexibility index (Phi) is 5.84. The van der Waals surface area contributed by atoms with Crippen LogP contribution >= 0.6 is 0 Å². The van der Waals surface area contributed by atoms with Gasteiger partial charge in [-0.1, -0.05) is 29.8 Å². The number of nitrogens with one attached hydrogen (secondary N) is 2. The lowest BCUT2D eigenvalue weighted by atomic mass is 10.1. The van der Waals surface area contributed by atoms with E-state index in [0.29, 0.717) is 28.8 Å². The lowest BCUT2D eigenvalue weighted by Gasteiger charge is -2.20. The molecule has 0 saturated heterocycles. The van der Waals surface area contributed by atoms with Crippen LogP contribution < -0.4 is 10.9 Å². The summed E-state index contributed by atoms with van der Waals surface area (Å²) in [5.41, 5.74) is 1.83. The minimum Gasteiger partial charge on any atom is -0.343 e. The second kappa shape index (κ2) is 8.47. The van der Waals surface area contributed by atoms with E-state index in [1.165, 1.54) is 4.90 Å². The summed E-state index contributed by atoms with van der Waals surface area (Å²) in [4.78, 5) is 45.6. The van der Waals surface area contributed by atoms with Crippen LogP contribution in [0.3, 0.4) is 0 Å². The Morgan fingerprint density at radius 3 is 2.68 bits per heavy atom. The number of hydrogen-bond donors (Lipinski definition) is 2. The fraction of sp³-hybridized carbons (Fsp3) is 0.238. The number of aromatic amines is 1. The molecule has 0 aliphatic heterocycles. The maximum absolute atomic E-state index is 12.5. The van der Waals surface area contributed by atoms with Crippen molar-refractivity contribution >= 4 is 22.7 Å². The summed E-state index contributed by atoms with van der Waals surface area (Å²) in [7, 11) is 0. The summed E-state index contributed by atoms with van der Waals surface area (Å²) < 4.78 is 0. The Bertz CT molecular complexity index is 1070. The first-order chi connectivity index (χ1) is 13.5. The second-order valence-corrected chi connectivity index (χ2v) is 6.49. The number of amides is 2. The van der Waals surface area contributed by atoms with E-state index in [-0.39, 0.29) is 30.5 Å². The smallest absolute Gasteiger partial charge is 0.258 e. The van der Waals surface area contributed by atoms with Crippen LogP contribution in [0, 0.1) is 6.92 Å². The molecule has 0 atom stereocenters. The van der Waals surface area contributed by atoms with Crippen molar-refractivity contribution in [2.45, 2.75) is 20.4 Å². The van der Waals surface area contributed by atoms with Gasteiger partial charge in [0.1, 0.15) is 5.82 Å². The lowest BCUT2D eigenvalue weighted by molar-refractivity contribution is -0.130. The van der Waals surface area contributed by atoms with Gasteiger partial charge in [-0.05, 0) is 38.1 Å². The molecule has 0 saturated carbocycles. The molecular weight excluding hydrogens is 356 g/mol. The van der Waals surface area contributed by atoms with Crippen LogP contribution in [0.2, 0.25) is 0 Å². The van der Waals surface area contributed by atoms with E-state index in [0.717, 1.165) is 5.56 Å². The maximum Gasteiger partial charge on any atom is 0.258 e. The van der Waals surface area contributed by atoms with E-state index in [1.807, 2.05) is 26.0 Å². The molecule has 0 radical (unpaired) electrons. The van der Waals surface area contributed by atoms with Gasteiger partial charge >= 0.3 is 0 Å². The molecule has 1 heterocycles. The topological polar surface area (TPSA) is 95.2 Å². The lowest BCUT2D eigenvalue weighted by Crippen LogP contribution is -2.40. The highest BCUT2D eigenvalue weighted by Crippen LogP contribution is 2.07. The van der Waals surface area contributed by atoms with E-state index in [2.05, 4.69) is 15.3 Å². The van der Waals surface area contributed by atoms with Crippen molar-refractivity contribution in [1.29, 1.82) is 0 Å². The fourth-order valence-electron chi connectivity index (χ4n) is 2.92. The molecule has 0 spiro atoms. The fourth-order valence-corrected chi connectivity index (χ4v) is 2.92. The number of carbonyl (C=O) groups is 2. The summed E-state index contributed by atoms with van der Waals surface area (Å²) >= 11 is 0. The van der Waals surface area contributed by atoms with Crippen molar-refractivity contribution in [1.82, 2.24) is 20.2 Å². The number of para-hydroxylation sites is 1. The molecule has 7 heteroatoms. The standard InChI is InChI=1S/C21H22N4O3/c1-3-25(13-18-23-17-10-5-4-9-16(17)21(28)24-18)19(26)12-22-20(27)15-8-6-7-14(2)11-15/h4-11H,3,12-13H2,1-2H3,(H,22,27)(H,23,24,28). The zero-order valence-electron chi connectivity index (χ0n) is 15.9. The van der Waals surface area contributed by atoms with Gasteiger partial charge in [-0.25, -0.2) is 4.98 Å². The predicted molar refractivity (Wildman–Crippen MR) is 107 cm³/mol. The second-order valence-electron chi connectivity index (χ2n) is 6.49. The van der Waals surface area contributed by atoms with E-state index in [4.69, 9.17) is 0 Å². The predicted octanol–water partition coefficient (Wildman–Crippen LogP) is 2.01. The van der Waals surface area contributed by atoms with Crippen molar-refractivity contribution < 1.29 is 9.59 Å². The molecule has 3 rings (SSSR count). The molecule has 3 aromatic rings. The van der Waals surface area contributed by atoms with Crippen molar-refractivity contribution in [2.75, 3.05) is 13.1 Å². The molecule has 0 unspecified atom stereocenters. The Morgan fingerprint density at radius 2 is 1.93 bits per heavy atom. The number of carbonyl (C=O) groups excluding carboxylic acids is 2. The first kappa shape index (κ1) is 19.3. The van der Waals surface area contributed by atoms with Crippen LogP contribution in [0.1, 0.15) is 28.7 Å². The maximum atomic E-state index is 12.5. The molecule has 1 aromatic heterocycles. The molecule has 0 aliphatic carbocycles. The summed E-state index contributed by atoms with van der Waals surface area (Å²) in [5.74, 6) is -0.145. The molecule has 0 fully saturated rings. The molecule has 2 N–H and O–H groups in total. The molecular formula is C21H22N4O3. The molecule has 7 nitrogen and oxygen atoms in total. The quantitative estimate of drug-likeness (QED) is 0.686. The van der Waals surface area contributed by atoms with Crippen LogP contribution in [0.5, 0.6) is 0 Å². The van der Waals surface area contributed by atoms with Crippen LogP contribution in [0.4, 0.5) is 0 Å². The van der Waals surface area contributed by atoms with Gasteiger partial charge < -0.3 is 15.2 Å². The first-order valence-corrected chi connectivity index (χ1v) is 9.08. The van der Waals surface area contributed by atoms with Crippen LogP contribution in [-0.4, -0.2) is 39.8 Å². The number of benzene rings is 2. The number of H-pyrrole nitrogens is 1. The van der Waals surface area contributed by atoms with E-state index in [1.54, 1.807) is 36.4 Å². The van der Waals surface area contributed by atoms with E-state index >= 15 is 0 Å².